The second kappa shape index (κ2) is 4.93. The molecule has 1 aliphatic rings. The van der Waals surface area contributed by atoms with E-state index in [1.54, 1.807) is 6.08 Å². The quantitative estimate of drug-likeness (QED) is 0.732. The lowest BCUT2D eigenvalue weighted by Crippen LogP contribution is -2.39. The van der Waals surface area contributed by atoms with Crippen molar-refractivity contribution in [3.63, 3.8) is 0 Å². The molecule has 0 aliphatic heterocycles. The number of rotatable bonds is 3. The van der Waals surface area contributed by atoms with E-state index >= 15 is 0 Å². The van der Waals surface area contributed by atoms with Crippen molar-refractivity contribution in [2.24, 2.45) is 11.8 Å². The first-order valence-electron chi connectivity index (χ1n) is 6.49. The van der Waals surface area contributed by atoms with Crippen LogP contribution in [0.3, 0.4) is 0 Å². The van der Waals surface area contributed by atoms with E-state index in [4.69, 9.17) is 0 Å². The summed E-state index contributed by atoms with van der Waals surface area (Å²) in [7, 11) is 0. The molecule has 1 aromatic carbocycles. The molecule has 94 valence electrons. The summed E-state index contributed by atoms with van der Waals surface area (Å²) in [5.41, 5.74) is 1.21. The minimum Gasteiger partial charge on any atom is -0.295 e. The highest BCUT2D eigenvalue weighted by Gasteiger charge is 2.40. The fraction of sp³-hybridized carbons (Fsp3) is 0.353. The molecule has 0 heterocycles. The Morgan fingerprint density at radius 1 is 1.33 bits per heavy atom. The van der Waals surface area contributed by atoms with E-state index in [-0.39, 0.29) is 23.0 Å². The van der Waals surface area contributed by atoms with E-state index in [1.165, 1.54) is 5.56 Å². The lowest BCUT2D eigenvalue weighted by Gasteiger charge is -2.40. The zero-order valence-corrected chi connectivity index (χ0v) is 11.1. The van der Waals surface area contributed by atoms with E-state index < -0.39 is 0 Å². The molecular weight excluding hydrogens is 220 g/mol. The molecule has 0 saturated heterocycles. The SMILES string of the molecule is C=CC[C@@H]1C(=O)C=C[C@@](C)(c2ccccc2)[C@@H]1C. The Morgan fingerprint density at radius 3 is 2.61 bits per heavy atom. The molecule has 0 aromatic heterocycles. The molecule has 0 unspecified atom stereocenters. The molecule has 1 heteroatoms. The highest BCUT2D eigenvalue weighted by Crippen LogP contribution is 2.42. The van der Waals surface area contributed by atoms with Crippen molar-refractivity contribution in [3.8, 4) is 0 Å². The topological polar surface area (TPSA) is 17.1 Å². The van der Waals surface area contributed by atoms with Crippen LogP contribution in [0.25, 0.3) is 0 Å². The normalized spacial score (nSPS) is 31.3. The predicted octanol–water partition coefficient (Wildman–Crippen LogP) is 3.91. The maximum absolute atomic E-state index is 12.0. The molecule has 0 radical (unpaired) electrons. The highest BCUT2D eigenvalue weighted by molar-refractivity contribution is 5.93. The van der Waals surface area contributed by atoms with E-state index in [0.29, 0.717) is 0 Å². The zero-order chi connectivity index (χ0) is 13.2. The van der Waals surface area contributed by atoms with E-state index in [9.17, 15) is 4.79 Å². The summed E-state index contributed by atoms with van der Waals surface area (Å²) in [6.45, 7) is 8.15. The predicted molar refractivity (Wildman–Crippen MR) is 75.4 cm³/mol. The molecule has 0 spiro atoms. The van der Waals surface area contributed by atoms with Crippen LogP contribution in [-0.2, 0) is 10.2 Å². The maximum Gasteiger partial charge on any atom is 0.159 e. The van der Waals surface area contributed by atoms with Gasteiger partial charge in [-0.25, -0.2) is 0 Å². The molecule has 1 aromatic rings. The molecule has 0 saturated carbocycles. The van der Waals surface area contributed by atoms with Crippen molar-refractivity contribution in [1.82, 2.24) is 0 Å². The second-order valence-corrected chi connectivity index (χ2v) is 5.30. The van der Waals surface area contributed by atoms with Crippen LogP contribution in [-0.4, -0.2) is 5.78 Å². The third-order valence-electron chi connectivity index (χ3n) is 4.33. The average Bonchev–Trinajstić information content (AvgIpc) is 2.40. The van der Waals surface area contributed by atoms with Crippen LogP contribution < -0.4 is 0 Å². The zero-order valence-electron chi connectivity index (χ0n) is 11.1. The minimum absolute atomic E-state index is 0.0534. The fourth-order valence-corrected chi connectivity index (χ4v) is 2.85. The molecule has 0 bridgehead atoms. The van der Waals surface area contributed by atoms with E-state index in [2.05, 4.69) is 50.8 Å². The molecule has 0 N–H and O–H groups in total. The lowest BCUT2D eigenvalue weighted by molar-refractivity contribution is -0.120. The van der Waals surface area contributed by atoms with Gasteiger partial charge in [0.05, 0.1) is 0 Å². The second-order valence-electron chi connectivity index (χ2n) is 5.30. The fourth-order valence-electron chi connectivity index (χ4n) is 2.85. The van der Waals surface area contributed by atoms with Crippen molar-refractivity contribution in [1.29, 1.82) is 0 Å². The largest absolute Gasteiger partial charge is 0.295 e. The average molecular weight is 240 g/mol. The Morgan fingerprint density at radius 2 is 2.00 bits per heavy atom. The van der Waals surface area contributed by atoms with Gasteiger partial charge in [-0.15, -0.1) is 6.58 Å². The molecule has 0 amide bonds. The van der Waals surface area contributed by atoms with Crippen molar-refractivity contribution in [3.05, 3.63) is 60.7 Å². The standard InChI is InChI=1S/C17H20O/c1-4-8-15-13(2)17(3,12-11-16(15)18)14-9-6-5-7-10-14/h4-7,9-13,15H,1,8H2,2-3H3/t13-,15+,17-/m1/s1. The van der Waals surface area contributed by atoms with Gasteiger partial charge in [0.2, 0.25) is 0 Å². The number of ketones is 1. The Kier molecular flexibility index (Phi) is 3.51. The Hall–Kier alpha value is -1.63. The molecule has 2 rings (SSSR count). The number of hydrogen-bond acceptors (Lipinski definition) is 1. The molecule has 1 aliphatic carbocycles. The molecule has 3 atom stereocenters. The van der Waals surface area contributed by atoms with Crippen LogP contribution in [0.5, 0.6) is 0 Å². The molecule has 0 fully saturated rings. The maximum atomic E-state index is 12.0. The van der Waals surface area contributed by atoms with E-state index in [1.807, 2.05) is 12.1 Å². The van der Waals surface area contributed by atoms with Gasteiger partial charge in [-0.2, -0.15) is 0 Å². The summed E-state index contributed by atoms with van der Waals surface area (Å²) >= 11 is 0. The Balaban J connectivity index is 2.42. The molecule has 1 nitrogen and oxygen atoms in total. The van der Waals surface area contributed by atoms with Crippen LogP contribution in [0.2, 0.25) is 0 Å². The Bertz CT molecular complexity index is 472. The third-order valence-corrected chi connectivity index (χ3v) is 4.33. The number of allylic oxidation sites excluding steroid dienone is 3. The van der Waals surface area contributed by atoms with Gasteiger partial charge in [0.1, 0.15) is 0 Å². The first-order valence-corrected chi connectivity index (χ1v) is 6.49. The van der Waals surface area contributed by atoms with Crippen molar-refractivity contribution >= 4 is 5.78 Å². The first kappa shape index (κ1) is 12.8. The third kappa shape index (κ3) is 2.05. The van der Waals surface area contributed by atoms with Gasteiger partial charge in [-0.3, -0.25) is 4.79 Å². The lowest BCUT2D eigenvalue weighted by atomic mass is 9.63. The van der Waals surface area contributed by atoms with Gasteiger partial charge < -0.3 is 0 Å². The van der Waals surface area contributed by atoms with Gasteiger partial charge in [-0.05, 0) is 24.0 Å². The first-order chi connectivity index (χ1) is 8.59. The van der Waals surface area contributed by atoms with Crippen LogP contribution in [0.4, 0.5) is 0 Å². The van der Waals surface area contributed by atoms with Gasteiger partial charge >= 0.3 is 0 Å². The van der Waals surface area contributed by atoms with Gasteiger partial charge in [0.15, 0.2) is 5.78 Å². The number of carbonyl (C=O) groups is 1. The summed E-state index contributed by atoms with van der Waals surface area (Å²) in [6.07, 6.45) is 6.42. The van der Waals surface area contributed by atoms with Crippen LogP contribution in [0.15, 0.2) is 55.1 Å². The highest BCUT2D eigenvalue weighted by atomic mass is 16.1. The summed E-state index contributed by atoms with van der Waals surface area (Å²) in [5, 5.41) is 0. The minimum atomic E-state index is -0.0666. The Labute approximate surface area is 109 Å². The van der Waals surface area contributed by atoms with Crippen LogP contribution >= 0.6 is 0 Å². The summed E-state index contributed by atoms with van der Waals surface area (Å²) in [5.74, 6) is 0.573. The van der Waals surface area contributed by atoms with Crippen LogP contribution in [0.1, 0.15) is 25.8 Å². The van der Waals surface area contributed by atoms with Gasteiger partial charge in [-0.1, -0.05) is 56.3 Å². The summed E-state index contributed by atoms with van der Waals surface area (Å²) in [6, 6.07) is 10.4. The van der Waals surface area contributed by atoms with E-state index in [0.717, 1.165) is 6.42 Å². The molecule has 18 heavy (non-hydrogen) atoms. The monoisotopic (exact) mass is 240 g/mol. The molecular formula is C17H20O. The number of carbonyl (C=O) groups excluding carboxylic acids is 1. The van der Waals surface area contributed by atoms with Crippen LogP contribution in [0, 0.1) is 11.8 Å². The van der Waals surface area contributed by atoms with Crippen molar-refractivity contribution in [2.45, 2.75) is 25.7 Å². The van der Waals surface area contributed by atoms with Gasteiger partial charge in [0.25, 0.3) is 0 Å². The van der Waals surface area contributed by atoms with Gasteiger partial charge in [0, 0.05) is 11.3 Å². The van der Waals surface area contributed by atoms with Crippen molar-refractivity contribution in [2.75, 3.05) is 0 Å². The van der Waals surface area contributed by atoms with Crippen molar-refractivity contribution < 1.29 is 4.79 Å². The summed E-state index contributed by atoms with van der Waals surface area (Å²) < 4.78 is 0. The number of hydrogen-bond donors (Lipinski definition) is 0. The number of benzene rings is 1. The summed E-state index contributed by atoms with van der Waals surface area (Å²) in [4.78, 5) is 12.0. The smallest absolute Gasteiger partial charge is 0.159 e.